The highest BCUT2D eigenvalue weighted by molar-refractivity contribution is 5.74. The van der Waals surface area contributed by atoms with E-state index in [0.29, 0.717) is 5.92 Å². The molecule has 0 aromatic carbocycles. The maximum atomic E-state index is 10.1. The number of rotatable bonds is 2. The number of hydrogen-bond donors (Lipinski definition) is 0. The van der Waals surface area contributed by atoms with Crippen LogP contribution in [0.15, 0.2) is 11.6 Å². The molecular weight excluding hydrogens is 100 g/mol. The van der Waals surface area contributed by atoms with Crippen LogP contribution in [-0.4, -0.2) is 6.29 Å². The molecule has 1 rings (SSSR count). The zero-order chi connectivity index (χ0) is 5.98. The van der Waals surface area contributed by atoms with Crippen LogP contribution in [0.2, 0.25) is 0 Å². The molecule has 1 fully saturated rings. The molecule has 0 N–H and O–H groups in total. The molecule has 0 aromatic heterocycles. The van der Waals surface area contributed by atoms with Crippen molar-refractivity contribution >= 4 is 6.29 Å². The monoisotopic (exact) mass is 110 g/mol. The Kier molecular flexibility index (Phi) is 1.47. The van der Waals surface area contributed by atoms with Crippen LogP contribution in [0.5, 0.6) is 0 Å². The van der Waals surface area contributed by atoms with Crippen LogP contribution in [-0.2, 0) is 4.79 Å². The number of allylic oxidation sites excluding steroid dienone is 2. The highest BCUT2D eigenvalue weighted by atomic mass is 16.1. The molecule has 0 bridgehead atoms. The lowest BCUT2D eigenvalue weighted by Gasteiger charge is -1.87. The van der Waals surface area contributed by atoms with Crippen LogP contribution in [0.3, 0.4) is 0 Å². The van der Waals surface area contributed by atoms with Gasteiger partial charge in [0.2, 0.25) is 0 Å². The molecule has 0 heterocycles. The summed E-state index contributed by atoms with van der Waals surface area (Å²) in [5, 5.41) is 0. The minimum absolute atomic E-state index is 0.623. The zero-order valence-corrected chi connectivity index (χ0v) is 5.05. The summed E-state index contributed by atoms with van der Waals surface area (Å²) in [5.74, 6) is 0.623. The predicted octanol–water partition coefficient (Wildman–Crippen LogP) is 1.54. The normalized spacial score (nSPS) is 20.9. The molecule has 1 nitrogen and oxygen atoms in total. The average molecular weight is 110 g/mol. The summed E-state index contributed by atoms with van der Waals surface area (Å²) >= 11 is 0. The second-order valence-electron chi connectivity index (χ2n) is 2.18. The lowest BCUT2D eigenvalue weighted by atomic mass is 10.2. The van der Waals surface area contributed by atoms with Gasteiger partial charge in [-0.25, -0.2) is 0 Å². The van der Waals surface area contributed by atoms with Gasteiger partial charge in [-0.2, -0.15) is 0 Å². The molecule has 0 aliphatic heterocycles. The van der Waals surface area contributed by atoms with Crippen molar-refractivity contribution in [3.63, 3.8) is 0 Å². The van der Waals surface area contributed by atoms with Gasteiger partial charge < -0.3 is 0 Å². The van der Waals surface area contributed by atoms with E-state index < -0.39 is 0 Å². The fourth-order valence-electron chi connectivity index (χ4n) is 0.817. The Morgan fingerprint density at radius 2 is 2.25 bits per heavy atom. The lowest BCUT2D eigenvalue weighted by Crippen LogP contribution is -1.83. The largest absolute Gasteiger partial charge is 0.298 e. The van der Waals surface area contributed by atoms with Gasteiger partial charge in [0.05, 0.1) is 0 Å². The molecule has 1 saturated carbocycles. The van der Waals surface area contributed by atoms with E-state index in [-0.39, 0.29) is 0 Å². The van der Waals surface area contributed by atoms with E-state index in [1.807, 2.05) is 13.0 Å². The van der Waals surface area contributed by atoms with E-state index in [4.69, 9.17) is 0 Å². The van der Waals surface area contributed by atoms with Crippen molar-refractivity contribution in [3.05, 3.63) is 11.6 Å². The Hall–Kier alpha value is -0.590. The van der Waals surface area contributed by atoms with E-state index in [9.17, 15) is 4.79 Å². The molecule has 1 aliphatic rings. The standard InChI is InChI=1S/C7H10O/c1-2-6(5-8)7-3-4-7/h2,5,7H,3-4H2,1H3/b6-2-. The maximum absolute atomic E-state index is 10.1. The Morgan fingerprint density at radius 3 is 2.38 bits per heavy atom. The topological polar surface area (TPSA) is 17.1 Å². The first kappa shape index (κ1) is 5.54. The zero-order valence-electron chi connectivity index (χ0n) is 5.05. The quantitative estimate of drug-likeness (QED) is 0.389. The first-order valence-electron chi connectivity index (χ1n) is 3.00. The third-order valence-electron chi connectivity index (χ3n) is 1.52. The molecule has 44 valence electrons. The number of carbonyl (C=O) groups is 1. The number of hydrogen-bond acceptors (Lipinski definition) is 1. The summed E-state index contributed by atoms with van der Waals surface area (Å²) in [5.41, 5.74) is 0.991. The lowest BCUT2D eigenvalue weighted by molar-refractivity contribution is -0.105. The summed E-state index contributed by atoms with van der Waals surface area (Å²) < 4.78 is 0. The molecule has 1 aliphatic carbocycles. The molecule has 0 unspecified atom stereocenters. The fourth-order valence-corrected chi connectivity index (χ4v) is 0.817. The van der Waals surface area contributed by atoms with Gasteiger partial charge in [0.15, 0.2) is 0 Å². The van der Waals surface area contributed by atoms with Crippen LogP contribution >= 0.6 is 0 Å². The van der Waals surface area contributed by atoms with Gasteiger partial charge in [0, 0.05) is 0 Å². The first-order valence-corrected chi connectivity index (χ1v) is 3.00. The Labute approximate surface area is 49.4 Å². The predicted molar refractivity (Wildman–Crippen MR) is 32.5 cm³/mol. The summed E-state index contributed by atoms with van der Waals surface area (Å²) in [6, 6.07) is 0. The van der Waals surface area contributed by atoms with E-state index in [0.717, 1.165) is 11.9 Å². The molecule has 8 heavy (non-hydrogen) atoms. The Bertz CT molecular complexity index is 120. The van der Waals surface area contributed by atoms with Crippen molar-refractivity contribution < 1.29 is 4.79 Å². The fraction of sp³-hybridized carbons (Fsp3) is 0.571. The molecule has 0 spiro atoms. The van der Waals surface area contributed by atoms with Crippen LogP contribution < -0.4 is 0 Å². The molecule has 0 aromatic rings. The van der Waals surface area contributed by atoms with E-state index in [2.05, 4.69) is 0 Å². The maximum Gasteiger partial charge on any atom is 0.145 e. The van der Waals surface area contributed by atoms with Crippen LogP contribution in [0, 0.1) is 5.92 Å². The second-order valence-corrected chi connectivity index (χ2v) is 2.18. The van der Waals surface area contributed by atoms with Gasteiger partial charge in [0.25, 0.3) is 0 Å². The third kappa shape index (κ3) is 0.971. The van der Waals surface area contributed by atoms with E-state index >= 15 is 0 Å². The Balaban J connectivity index is 2.49. The van der Waals surface area contributed by atoms with Crippen molar-refractivity contribution in [1.82, 2.24) is 0 Å². The van der Waals surface area contributed by atoms with E-state index in [1.54, 1.807) is 0 Å². The summed E-state index contributed by atoms with van der Waals surface area (Å²) in [7, 11) is 0. The van der Waals surface area contributed by atoms with Gasteiger partial charge >= 0.3 is 0 Å². The van der Waals surface area contributed by atoms with Crippen LogP contribution in [0.25, 0.3) is 0 Å². The van der Waals surface area contributed by atoms with Gasteiger partial charge in [-0.3, -0.25) is 4.79 Å². The minimum atomic E-state index is 0.623. The van der Waals surface area contributed by atoms with Crippen LogP contribution in [0.4, 0.5) is 0 Å². The SMILES string of the molecule is C/C=C(/C=O)C1CC1. The van der Waals surface area contributed by atoms with Gasteiger partial charge in [-0.05, 0) is 31.3 Å². The van der Waals surface area contributed by atoms with Crippen molar-refractivity contribution in [2.45, 2.75) is 19.8 Å². The second kappa shape index (κ2) is 2.12. The molecule has 1 heteroatoms. The van der Waals surface area contributed by atoms with Crippen molar-refractivity contribution in [2.75, 3.05) is 0 Å². The molecule has 0 amide bonds. The summed E-state index contributed by atoms with van der Waals surface area (Å²) in [6.45, 7) is 1.92. The summed E-state index contributed by atoms with van der Waals surface area (Å²) in [6.07, 6.45) is 5.32. The minimum Gasteiger partial charge on any atom is -0.298 e. The summed E-state index contributed by atoms with van der Waals surface area (Å²) in [4.78, 5) is 10.1. The molecule has 0 radical (unpaired) electrons. The molecular formula is C7H10O. The van der Waals surface area contributed by atoms with Crippen LogP contribution in [0.1, 0.15) is 19.8 Å². The average Bonchev–Trinajstić information content (AvgIpc) is 2.53. The van der Waals surface area contributed by atoms with Crippen molar-refractivity contribution in [2.24, 2.45) is 5.92 Å². The highest BCUT2D eigenvalue weighted by Gasteiger charge is 2.24. The molecule has 0 atom stereocenters. The van der Waals surface area contributed by atoms with Crippen molar-refractivity contribution in [1.29, 1.82) is 0 Å². The number of carbonyl (C=O) groups excluding carboxylic acids is 1. The van der Waals surface area contributed by atoms with Gasteiger partial charge in [-0.15, -0.1) is 0 Å². The van der Waals surface area contributed by atoms with Gasteiger partial charge in [-0.1, -0.05) is 6.08 Å². The van der Waals surface area contributed by atoms with Crippen molar-refractivity contribution in [3.8, 4) is 0 Å². The molecule has 0 saturated heterocycles. The third-order valence-corrected chi connectivity index (χ3v) is 1.52. The van der Waals surface area contributed by atoms with E-state index in [1.165, 1.54) is 12.8 Å². The van der Waals surface area contributed by atoms with Gasteiger partial charge in [0.1, 0.15) is 6.29 Å². The Morgan fingerprint density at radius 1 is 1.62 bits per heavy atom. The smallest absolute Gasteiger partial charge is 0.145 e. The highest BCUT2D eigenvalue weighted by Crippen LogP contribution is 2.34. The number of aldehydes is 1. The first-order chi connectivity index (χ1) is 3.88.